The van der Waals surface area contributed by atoms with Crippen molar-refractivity contribution in [3.63, 3.8) is 0 Å². The molecule has 0 bridgehead atoms. The van der Waals surface area contributed by atoms with Crippen LogP contribution in [0.25, 0.3) is 0 Å². The van der Waals surface area contributed by atoms with Crippen molar-refractivity contribution in [2.24, 2.45) is 11.8 Å². The minimum absolute atomic E-state index is 0.0309. The largest absolute Gasteiger partial charge is 0.461 e. The number of hydrogen-bond acceptors (Lipinski definition) is 2. The summed E-state index contributed by atoms with van der Waals surface area (Å²) in [5.41, 5.74) is -0.349. The van der Waals surface area contributed by atoms with Crippen LogP contribution in [0.4, 0.5) is 0 Å². The van der Waals surface area contributed by atoms with Gasteiger partial charge in [-0.1, -0.05) is 46.0 Å². The molecule has 1 aliphatic carbocycles. The van der Waals surface area contributed by atoms with E-state index in [0.717, 1.165) is 11.8 Å². The highest BCUT2D eigenvalue weighted by atomic mass is 16.7. The van der Waals surface area contributed by atoms with Crippen LogP contribution in [0, 0.1) is 11.8 Å². The molecular weight excluding hydrogens is 235 g/mol. The molecule has 3 heteroatoms. The Hall–Kier alpha value is -0.0151. The van der Waals surface area contributed by atoms with E-state index in [0.29, 0.717) is 5.82 Å². The zero-order valence-corrected chi connectivity index (χ0v) is 13.7. The molecule has 0 N–H and O–H groups in total. The second kappa shape index (κ2) is 5.40. The van der Waals surface area contributed by atoms with Gasteiger partial charge in [0.2, 0.25) is 0 Å². The van der Waals surface area contributed by atoms with Gasteiger partial charge < -0.3 is 9.31 Å². The second-order valence-corrected chi connectivity index (χ2v) is 7.46. The van der Waals surface area contributed by atoms with E-state index in [-0.39, 0.29) is 18.3 Å². The molecule has 1 saturated carbocycles. The summed E-state index contributed by atoms with van der Waals surface area (Å²) in [6.07, 6.45) is 6.62. The van der Waals surface area contributed by atoms with Crippen molar-refractivity contribution < 1.29 is 9.31 Å². The third-order valence-electron chi connectivity index (χ3n) is 5.50. The summed E-state index contributed by atoms with van der Waals surface area (Å²) < 4.78 is 12.5. The van der Waals surface area contributed by atoms with Gasteiger partial charge in [0.05, 0.1) is 11.2 Å². The Balaban J connectivity index is 1.98. The maximum absolute atomic E-state index is 6.25. The molecule has 110 valence electrons. The number of rotatable bonds is 6. The quantitative estimate of drug-likeness (QED) is 0.649. The predicted octanol–water partition coefficient (Wildman–Crippen LogP) is 4.69. The summed E-state index contributed by atoms with van der Waals surface area (Å²) in [5.74, 6) is 2.33. The molecule has 0 unspecified atom stereocenters. The number of hydrogen-bond donors (Lipinski definition) is 0. The highest BCUT2D eigenvalue weighted by Crippen LogP contribution is 2.61. The van der Waals surface area contributed by atoms with Crippen LogP contribution in [0.1, 0.15) is 73.6 Å². The van der Waals surface area contributed by atoms with E-state index in [2.05, 4.69) is 41.5 Å². The van der Waals surface area contributed by atoms with Gasteiger partial charge in [-0.25, -0.2) is 0 Å². The van der Waals surface area contributed by atoms with Crippen molar-refractivity contribution in [1.82, 2.24) is 0 Å². The zero-order chi connectivity index (χ0) is 14.3. The van der Waals surface area contributed by atoms with Crippen LogP contribution in [0.3, 0.4) is 0 Å². The van der Waals surface area contributed by atoms with E-state index in [1.165, 1.54) is 32.1 Å². The molecule has 0 aromatic heterocycles. The minimum atomic E-state index is -0.174. The molecule has 2 nitrogen and oxygen atoms in total. The van der Waals surface area contributed by atoms with Crippen LogP contribution < -0.4 is 0 Å². The standard InChI is InChI=1S/C16H31BO2/c1-7-9-11-13-12(10-8-2)14(13)17-18-15(3,4)16(5,6)19-17/h12-14H,7-11H2,1-6H3/t12-,13+,14+/m1/s1. The Labute approximate surface area is 119 Å². The van der Waals surface area contributed by atoms with E-state index in [9.17, 15) is 0 Å². The van der Waals surface area contributed by atoms with Gasteiger partial charge in [0, 0.05) is 5.82 Å². The SMILES string of the molecule is CCCC[C@H]1[C@@H](CCC)[C@@H]1B1OC(C)(C)C(C)(C)O1. The number of unbranched alkanes of at least 4 members (excludes halogenated alkanes) is 1. The van der Waals surface area contributed by atoms with Crippen molar-refractivity contribution in [1.29, 1.82) is 0 Å². The van der Waals surface area contributed by atoms with Crippen molar-refractivity contribution in [2.75, 3.05) is 0 Å². The summed E-state index contributed by atoms with van der Waals surface area (Å²) in [7, 11) is 0.0309. The minimum Gasteiger partial charge on any atom is -0.403 e. The van der Waals surface area contributed by atoms with E-state index in [1.807, 2.05) is 0 Å². The summed E-state index contributed by atoms with van der Waals surface area (Å²) in [6, 6.07) is 0. The van der Waals surface area contributed by atoms with E-state index >= 15 is 0 Å². The first-order valence-corrected chi connectivity index (χ1v) is 8.19. The third-order valence-corrected chi connectivity index (χ3v) is 5.50. The Morgan fingerprint density at radius 3 is 1.84 bits per heavy atom. The van der Waals surface area contributed by atoms with Crippen LogP contribution in [0.5, 0.6) is 0 Å². The Morgan fingerprint density at radius 1 is 0.842 bits per heavy atom. The predicted molar refractivity (Wildman–Crippen MR) is 81.2 cm³/mol. The summed E-state index contributed by atoms with van der Waals surface area (Å²) in [5, 5.41) is 0. The molecule has 0 amide bonds. The highest BCUT2D eigenvalue weighted by molar-refractivity contribution is 6.49. The lowest BCUT2D eigenvalue weighted by atomic mass is 9.78. The lowest BCUT2D eigenvalue weighted by molar-refractivity contribution is 0.00578. The molecule has 0 spiro atoms. The van der Waals surface area contributed by atoms with Crippen molar-refractivity contribution >= 4 is 7.12 Å². The van der Waals surface area contributed by atoms with E-state index in [4.69, 9.17) is 9.31 Å². The topological polar surface area (TPSA) is 18.5 Å². The maximum atomic E-state index is 6.25. The first kappa shape index (κ1) is 15.4. The monoisotopic (exact) mass is 266 g/mol. The van der Waals surface area contributed by atoms with Crippen LogP contribution in [0.2, 0.25) is 5.82 Å². The Bertz CT molecular complexity index is 298. The molecule has 1 heterocycles. The van der Waals surface area contributed by atoms with Crippen molar-refractivity contribution in [2.45, 2.75) is 90.7 Å². The van der Waals surface area contributed by atoms with Crippen LogP contribution in [-0.2, 0) is 9.31 Å². The van der Waals surface area contributed by atoms with Crippen LogP contribution >= 0.6 is 0 Å². The average molecular weight is 266 g/mol. The molecule has 1 aliphatic heterocycles. The fourth-order valence-corrected chi connectivity index (χ4v) is 3.51. The normalized spacial score (nSPS) is 35.7. The van der Waals surface area contributed by atoms with E-state index in [1.54, 1.807) is 0 Å². The molecule has 3 atom stereocenters. The molecule has 2 aliphatic rings. The average Bonchev–Trinajstić information content (AvgIpc) is 2.92. The van der Waals surface area contributed by atoms with Crippen molar-refractivity contribution in [3.8, 4) is 0 Å². The van der Waals surface area contributed by atoms with Crippen LogP contribution in [-0.4, -0.2) is 18.3 Å². The summed E-state index contributed by atoms with van der Waals surface area (Å²) >= 11 is 0. The molecule has 2 fully saturated rings. The smallest absolute Gasteiger partial charge is 0.403 e. The zero-order valence-electron chi connectivity index (χ0n) is 13.7. The Morgan fingerprint density at radius 2 is 1.37 bits per heavy atom. The van der Waals surface area contributed by atoms with Gasteiger partial charge in [0.1, 0.15) is 0 Å². The third kappa shape index (κ3) is 2.87. The highest BCUT2D eigenvalue weighted by Gasteiger charge is 2.63. The molecule has 0 aromatic carbocycles. The van der Waals surface area contributed by atoms with Crippen LogP contribution in [0.15, 0.2) is 0 Å². The fraction of sp³-hybridized carbons (Fsp3) is 1.00. The van der Waals surface area contributed by atoms with Gasteiger partial charge in [0.15, 0.2) is 0 Å². The fourth-order valence-electron chi connectivity index (χ4n) is 3.51. The first-order valence-electron chi connectivity index (χ1n) is 8.19. The second-order valence-electron chi connectivity index (χ2n) is 7.46. The van der Waals surface area contributed by atoms with Gasteiger partial charge >= 0.3 is 7.12 Å². The molecule has 2 rings (SSSR count). The van der Waals surface area contributed by atoms with Gasteiger partial charge in [-0.15, -0.1) is 0 Å². The first-order chi connectivity index (χ1) is 8.84. The van der Waals surface area contributed by atoms with E-state index < -0.39 is 0 Å². The lowest BCUT2D eigenvalue weighted by Gasteiger charge is -2.32. The molecule has 19 heavy (non-hydrogen) atoms. The maximum Gasteiger partial charge on any atom is 0.461 e. The van der Waals surface area contributed by atoms with Crippen molar-refractivity contribution in [3.05, 3.63) is 0 Å². The molecule has 1 saturated heterocycles. The molecule has 0 aromatic rings. The van der Waals surface area contributed by atoms with Gasteiger partial charge in [-0.2, -0.15) is 0 Å². The summed E-state index contributed by atoms with van der Waals surface area (Å²) in [6.45, 7) is 13.2. The lowest BCUT2D eigenvalue weighted by Crippen LogP contribution is -2.41. The Kier molecular flexibility index (Phi) is 4.37. The van der Waals surface area contributed by atoms with Gasteiger partial charge in [-0.3, -0.25) is 0 Å². The van der Waals surface area contributed by atoms with Gasteiger partial charge in [-0.05, 0) is 39.5 Å². The molecular formula is C16H31BO2. The summed E-state index contributed by atoms with van der Waals surface area (Å²) in [4.78, 5) is 0. The molecule has 0 radical (unpaired) electrons. The van der Waals surface area contributed by atoms with Gasteiger partial charge in [0.25, 0.3) is 0 Å².